The highest BCUT2D eigenvalue weighted by atomic mass is 16.5. The molecule has 1 aromatic carbocycles. The Balaban J connectivity index is 1.55. The second-order valence-corrected chi connectivity index (χ2v) is 7.78. The van der Waals surface area contributed by atoms with Crippen LogP contribution in [-0.4, -0.2) is 61.4 Å². The molecule has 2 heterocycles. The number of hydrazone groups is 1. The van der Waals surface area contributed by atoms with Crippen molar-refractivity contribution in [2.75, 3.05) is 33.9 Å². The minimum atomic E-state index is -0.347. The summed E-state index contributed by atoms with van der Waals surface area (Å²) in [6, 6.07) is 10.9. The maximum absolute atomic E-state index is 13.3. The molecule has 1 aromatic heterocycles. The lowest BCUT2D eigenvalue weighted by Gasteiger charge is -2.26. The Morgan fingerprint density at radius 3 is 2.58 bits per heavy atom. The van der Waals surface area contributed by atoms with Gasteiger partial charge in [0.05, 0.1) is 25.7 Å². The van der Waals surface area contributed by atoms with Crippen molar-refractivity contribution in [1.82, 2.24) is 9.91 Å². The quantitative estimate of drug-likeness (QED) is 0.617. The van der Waals surface area contributed by atoms with Gasteiger partial charge >= 0.3 is 0 Å². The summed E-state index contributed by atoms with van der Waals surface area (Å²) in [5.74, 6) is 1.22. The first-order chi connectivity index (χ1) is 15.1. The van der Waals surface area contributed by atoms with Gasteiger partial charge in [-0.3, -0.25) is 9.59 Å². The maximum atomic E-state index is 13.3. The van der Waals surface area contributed by atoms with Crippen molar-refractivity contribution in [3.05, 3.63) is 54.0 Å². The SMILES string of the molecule is COCCN(CC(=O)N1N=C(c2ccc(OC)cc2)CC1c1ccco1)C(=O)C1CC1. The van der Waals surface area contributed by atoms with Crippen molar-refractivity contribution in [3.63, 3.8) is 0 Å². The van der Waals surface area contributed by atoms with Gasteiger partial charge in [-0.15, -0.1) is 0 Å². The number of hydrogen-bond acceptors (Lipinski definition) is 6. The van der Waals surface area contributed by atoms with E-state index in [0.717, 1.165) is 29.9 Å². The summed E-state index contributed by atoms with van der Waals surface area (Å²) in [5.41, 5.74) is 1.70. The van der Waals surface area contributed by atoms with Crippen LogP contribution in [0.4, 0.5) is 0 Å². The molecule has 0 bridgehead atoms. The fourth-order valence-corrected chi connectivity index (χ4v) is 3.69. The topological polar surface area (TPSA) is 84.6 Å². The summed E-state index contributed by atoms with van der Waals surface area (Å²) < 4.78 is 16.0. The number of rotatable bonds is 9. The third-order valence-corrected chi connectivity index (χ3v) is 5.59. The van der Waals surface area contributed by atoms with E-state index in [-0.39, 0.29) is 30.3 Å². The number of nitrogens with zero attached hydrogens (tertiary/aromatic N) is 3. The number of benzene rings is 1. The first-order valence-electron chi connectivity index (χ1n) is 10.5. The molecule has 0 radical (unpaired) electrons. The fraction of sp³-hybridized carbons (Fsp3) is 0.435. The maximum Gasteiger partial charge on any atom is 0.262 e. The molecule has 2 aromatic rings. The van der Waals surface area contributed by atoms with Crippen LogP contribution < -0.4 is 4.74 Å². The molecule has 31 heavy (non-hydrogen) atoms. The normalized spacial score (nSPS) is 18.1. The molecule has 0 spiro atoms. The van der Waals surface area contributed by atoms with Crippen LogP contribution in [0.15, 0.2) is 52.2 Å². The highest BCUT2D eigenvalue weighted by Crippen LogP contribution is 2.34. The molecule has 2 aliphatic rings. The first kappa shape index (κ1) is 21.1. The summed E-state index contributed by atoms with van der Waals surface area (Å²) in [4.78, 5) is 27.5. The number of methoxy groups -OCH3 is 2. The Bertz CT molecular complexity index is 935. The molecular formula is C23H27N3O5. The van der Waals surface area contributed by atoms with Crippen LogP contribution in [0.25, 0.3) is 0 Å². The van der Waals surface area contributed by atoms with Crippen LogP contribution in [0.2, 0.25) is 0 Å². The van der Waals surface area contributed by atoms with Gasteiger partial charge in [-0.1, -0.05) is 0 Å². The van der Waals surface area contributed by atoms with Crippen LogP contribution in [0, 0.1) is 5.92 Å². The molecular weight excluding hydrogens is 398 g/mol. The zero-order chi connectivity index (χ0) is 21.8. The van der Waals surface area contributed by atoms with Gasteiger partial charge in [0.15, 0.2) is 0 Å². The second kappa shape index (κ2) is 9.34. The van der Waals surface area contributed by atoms with Crippen molar-refractivity contribution < 1.29 is 23.5 Å². The largest absolute Gasteiger partial charge is 0.497 e. The Labute approximate surface area is 181 Å². The van der Waals surface area contributed by atoms with E-state index >= 15 is 0 Å². The van der Waals surface area contributed by atoms with E-state index in [1.165, 1.54) is 5.01 Å². The highest BCUT2D eigenvalue weighted by Gasteiger charge is 2.38. The van der Waals surface area contributed by atoms with Crippen LogP contribution in [-0.2, 0) is 14.3 Å². The summed E-state index contributed by atoms with van der Waals surface area (Å²) >= 11 is 0. The van der Waals surface area contributed by atoms with Crippen LogP contribution >= 0.6 is 0 Å². The van der Waals surface area contributed by atoms with E-state index in [0.29, 0.717) is 25.3 Å². The monoisotopic (exact) mass is 425 g/mol. The van der Waals surface area contributed by atoms with Crippen molar-refractivity contribution >= 4 is 17.5 Å². The molecule has 4 rings (SSSR count). The van der Waals surface area contributed by atoms with E-state index in [9.17, 15) is 9.59 Å². The molecule has 1 aliphatic heterocycles. The summed E-state index contributed by atoms with van der Waals surface area (Å²) in [7, 11) is 3.20. The molecule has 1 aliphatic carbocycles. The third-order valence-electron chi connectivity index (χ3n) is 5.59. The zero-order valence-electron chi connectivity index (χ0n) is 17.8. The average Bonchev–Trinajstić information content (AvgIpc) is 3.32. The standard InChI is InChI=1S/C23H27N3O5/c1-29-13-11-25(23(28)17-5-6-17)15-22(27)26-20(21-4-3-12-31-21)14-19(24-26)16-7-9-18(30-2)10-8-16/h3-4,7-10,12,17,20H,5-6,11,13-15H2,1-2H3. The summed E-state index contributed by atoms with van der Waals surface area (Å²) in [6.07, 6.45) is 3.88. The van der Waals surface area contributed by atoms with Gasteiger partial charge in [0.1, 0.15) is 24.1 Å². The number of amides is 2. The van der Waals surface area contributed by atoms with Crippen LogP contribution in [0.1, 0.15) is 36.6 Å². The molecule has 1 atom stereocenters. The number of carbonyl (C=O) groups is 2. The van der Waals surface area contributed by atoms with Crippen molar-refractivity contribution in [3.8, 4) is 5.75 Å². The fourth-order valence-electron chi connectivity index (χ4n) is 3.69. The van der Waals surface area contributed by atoms with Crippen LogP contribution in [0.3, 0.4) is 0 Å². The molecule has 2 amide bonds. The lowest BCUT2D eigenvalue weighted by molar-refractivity contribution is -0.143. The number of hydrogen-bond donors (Lipinski definition) is 0. The van der Waals surface area contributed by atoms with Gasteiger partial charge in [-0.25, -0.2) is 5.01 Å². The van der Waals surface area contributed by atoms with E-state index in [1.807, 2.05) is 30.3 Å². The number of furan rings is 1. The Kier molecular flexibility index (Phi) is 6.36. The molecule has 1 saturated carbocycles. The van der Waals surface area contributed by atoms with E-state index in [4.69, 9.17) is 13.9 Å². The molecule has 0 saturated heterocycles. The summed E-state index contributed by atoms with van der Waals surface area (Å²) in [6.45, 7) is 0.731. The van der Waals surface area contributed by atoms with Gasteiger partial charge < -0.3 is 18.8 Å². The van der Waals surface area contributed by atoms with E-state index < -0.39 is 0 Å². The van der Waals surface area contributed by atoms with Gasteiger partial charge in [0.25, 0.3) is 5.91 Å². The summed E-state index contributed by atoms with van der Waals surface area (Å²) in [5, 5.41) is 6.09. The average molecular weight is 425 g/mol. The minimum absolute atomic E-state index is 0.0125. The second-order valence-electron chi connectivity index (χ2n) is 7.78. The van der Waals surface area contributed by atoms with E-state index in [1.54, 1.807) is 31.4 Å². The molecule has 8 heteroatoms. The molecule has 164 valence electrons. The Hall–Kier alpha value is -3.13. The van der Waals surface area contributed by atoms with Crippen molar-refractivity contribution in [1.29, 1.82) is 0 Å². The number of carbonyl (C=O) groups excluding carboxylic acids is 2. The zero-order valence-corrected chi connectivity index (χ0v) is 17.8. The number of ether oxygens (including phenoxy) is 2. The first-order valence-corrected chi connectivity index (χ1v) is 10.5. The highest BCUT2D eigenvalue weighted by molar-refractivity contribution is 6.03. The van der Waals surface area contributed by atoms with Gasteiger partial charge in [0, 0.05) is 26.0 Å². The van der Waals surface area contributed by atoms with Crippen molar-refractivity contribution in [2.45, 2.75) is 25.3 Å². The predicted molar refractivity (Wildman–Crippen MR) is 114 cm³/mol. The minimum Gasteiger partial charge on any atom is -0.497 e. The molecule has 8 nitrogen and oxygen atoms in total. The van der Waals surface area contributed by atoms with Gasteiger partial charge in [-0.05, 0) is 54.8 Å². The van der Waals surface area contributed by atoms with E-state index in [2.05, 4.69) is 5.10 Å². The third kappa shape index (κ3) is 4.80. The van der Waals surface area contributed by atoms with Gasteiger partial charge in [-0.2, -0.15) is 5.10 Å². The Morgan fingerprint density at radius 1 is 1.19 bits per heavy atom. The smallest absolute Gasteiger partial charge is 0.262 e. The van der Waals surface area contributed by atoms with Crippen LogP contribution in [0.5, 0.6) is 5.75 Å². The predicted octanol–water partition coefficient (Wildman–Crippen LogP) is 2.85. The lowest BCUT2D eigenvalue weighted by atomic mass is 10.0. The van der Waals surface area contributed by atoms with Crippen molar-refractivity contribution in [2.24, 2.45) is 11.0 Å². The Morgan fingerprint density at radius 2 is 1.97 bits per heavy atom. The molecule has 0 N–H and O–H groups in total. The lowest BCUT2D eigenvalue weighted by Crippen LogP contribution is -2.43. The van der Waals surface area contributed by atoms with Gasteiger partial charge in [0.2, 0.25) is 5.91 Å². The molecule has 1 fully saturated rings. The molecule has 1 unspecified atom stereocenters.